The van der Waals surface area contributed by atoms with Crippen molar-refractivity contribution in [3.63, 3.8) is 0 Å². The molecule has 8 rings (SSSR count). The van der Waals surface area contributed by atoms with Gasteiger partial charge in [-0.1, -0.05) is 24.3 Å². The highest BCUT2D eigenvalue weighted by molar-refractivity contribution is 6.01. The Morgan fingerprint density at radius 2 is 1.90 bits per heavy atom. The van der Waals surface area contributed by atoms with Gasteiger partial charge in [0.25, 0.3) is 0 Å². The van der Waals surface area contributed by atoms with Gasteiger partial charge in [0.15, 0.2) is 5.82 Å². The standard InChI is InChI=1S/C32H35FN6O3/c1-41-30-26(25-12-23(40)11-19-5-2-3-6-24(19)25)13-27-28(36-30)29(39-21-7-8-22(39)16-34-15-21)37-31(35-27)42-18-32-9-4-10-38(32)17-20(33)14-32/h2-3,5-6,11-13,20-22,34,40H,4,7-10,14-18H2,1H3/t20?,21?,22?,32-/m0/s1. The van der Waals surface area contributed by atoms with Crippen LogP contribution in [0.25, 0.3) is 32.9 Å². The lowest BCUT2D eigenvalue weighted by Crippen LogP contribution is -2.52. The maximum absolute atomic E-state index is 14.5. The molecule has 4 saturated heterocycles. The normalized spacial score (nSPS) is 27.2. The second-order valence-corrected chi connectivity index (χ2v) is 12.3. The fourth-order valence-electron chi connectivity index (χ4n) is 7.89. The van der Waals surface area contributed by atoms with Crippen molar-refractivity contribution in [1.82, 2.24) is 25.2 Å². The molecule has 4 aliphatic heterocycles. The van der Waals surface area contributed by atoms with E-state index in [4.69, 9.17) is 24.4 Å². The summed E-state index contributed by atoms with van der Waals surface area (Å²) in [6.45, 7) is 3.52. The number of methoxy groups -OCH3 is 1. The number of anilines is 1. The number of pyridine rings is 1. The van der Waals surface area contributed by atoms with Crippen LogP contribution in [-0.4, -0.2) is 88.6 Å². The number of aromatic nitrogens is 3. The van der Waals surface area contributed by atoms with Crippen LogP contribution in [0.5, 0.6) is 17.6 Å². The molecule has 42 heavy (non-hydrogen) atoms. The molecule has 2 bridgehead atoms. The summed E-state index contributed by atoms with van der Waals surface area (Å²) < 4.78 is 26.7. The molecular weight excluding hydrogens is 535 g/mol. The van der Waals surface area contributed by atoms with E-state index in [-0.39, 0.29) is 17.3 Å². The van der Waals surface area contributed by atoms with E-state index in [9.17, 15) is 9.50 Å². The van der Waals surface area contributed by atoms with Gasteiger partial charge in [-0.25, -0.2) is 9.37 Å². The summed E-state index contributed by atoms with van der Waals surface area (Å²) >= 11 is 0. The predicted octanol–water partition coefficient (Wildman–Crippen LogP) is 4.46. The Kier molecular flexibility index (Phi) is 6.12. The smallest absolute Gasteiger partial charge is 0.319 e. The van der Waals surface area contributed by atoms with Gasteiger partial charge in [-0.05, 0) is 66.8 Å². The van der Waals surface area contributed by atoms with Crippen LogP contribution in [0.1, 0.15) is 32.1 Å². The summed E-state index contributed by atoms with van der Waals surface area (Å²) in [7, 11) is 1.61. The minimum absolute atomic E-state index is 0.166. The molecule has 6 heterocycles. The summed E-state index contributed by atoms with van der Waals surface area (Å²) in [5.41, 5.74) is 2.55. The second-order valence-electron chi connectivity index (χ2n) is 12.3. The van der Waals surface area contributed by atoms with Crippen LogP contribution in [0.2, 0.25) is 0 Å². The van der Waals surface area contributed by atoms with E-state index in [1.54, 1.807) is 19.2 Å². The third kappa shape index (κ3) is 4.14. The van der Waals surface area contributed by atoms with Crippen molar-refractivity contribution in [2.45, 2.75) is 55.9 Å². The molecule has 4 atom stereocenters. The topological polar surface area (TPSA) is 95.9 Å². The van der Waals surface area contributed by atoms with Crippen LogP contribution in [-0.2, 0) is 0 Å². The van der Waals surface area contributed by atoms with Crippen molar-refractivity contribution in [2.24, 2.45) is 0 Å². The Labute approximate surface area is 243 Å². The van der Waals surface area contributed by atoms with Gasteiger partial charge in [0.2, 0.25) is 5.88 Å². The highest BCUT2D eigenvalue weighted by Crippen LogP contribution is 2.43. The minimum atomic E-state index is -0.824. The average Bonchev–Trinajstić information content (AvgIpc) is 3.60. The summed E-state index contributed by atoms with van der Waals surface area (Å²) in [6, 6.07) is 14.3. The van der Waals surface area contributed by atoms with Gasteiger partial charge in [0.1, 0.15) is 24.0 Å². The largest absolute Gasteiger partial charge is 0.508 e. The summed E-state index contributed by atoms with van der Waals surface area (Å²) in [5, 5.41) is 16.0. The summed E-state index contributed by atoms with van der Waals surface area (Å²) in [6.07, 6.45) is 3.80. The number of phenols is 1. The number of piperazine rings is 1. The van der Waals surface area contributed by atoms with Crippen LogP contribution in [0.4, 0.5) is 10.2 Å². The molecule has 218 valence electrons. The van der Waals surface area contributed by atoms with Crippen molar-refractivity contribution in [2.75, 3.05) is 44.8 Å². The molecule has 9 nitrogen and oxygen atoms in total. The Hall–Kier alpha value is -3.76. The van der Waals surface area contributed by atoms with Gasteiger partial charge < -0.3 is 24.8 Å². The molecule has 0 amide bonds. The average molecular weight is 571 g/mol. The molecule has 3 unspecified atom stereocenters. The zero-order chi connectivity index (χ0) is 28.4. The lowest BCUT2D eigenvalue weighted by molar-refractivity contribution is 0.107. The molecule has 10 heteroatoms. The third-order valence-corrected chi connectivity index (χ3v) is 9.78. The highest BCUT2D eigenvalue weighted by atomic mass is 19.1. The quantitative estimate of drug-likeness (QED) is 0.349. The monoisotopic (exact) mass is 570 g/mol. The molecule has 4 aromatic rings. The molecule has 0 radical (unpaired) electrons. The molecule has 2 N–H and O–H groups in total. The molecule has 4 aliphatic rings. The highest BCUT2D eigenvalue weighted by Gasteiger charge is 2.49. The molecule has 0 spiro atoms. The van der Waals surface area contributed by atoms with Gasteiger partial charge in [-0.3, -0.25) is 4.90 Å². The van der Waals surface area contributed by atoms with Gasteiger partial charge >= 0.3 is 6.01 Å². The SMILES string of the molecule is COc1nc2c(N3C4CCC3CNC4)nc(OC[C@@]34CCCN3CC(F)C4)nc2cc1-c1cc(O)cc2ccccc12. The van der Waals surface area contributed by atoms with E-state index in [1.165, 1.54) is 0 Å². The van der Waals surface area contributed by atoms with E-state index < -0.39 is 6.17 Å². The molecule has 2 aromatic heterocycles. The molecule has 0 aliphatic carbocycles. The Morgan fingerprint density at radius 3 is 2.74 bits per heavy atom. The van der Waals surface area contributed by atoms with Crippen molar-refractivity contribution >= 4 is 27.6 Å². The van der Waals surface area contributed by atoms with Crippen LogP contribution < -0.4 is 19.7 Å². The number of hydrogen-bond acceptors (Lipinski definition) is 9. The minimum Gasteiger partial charge on any atom is -0.508 e. The molecule has 0 saturated carbocycles. The number of aromatic hydroxyl groups is 1. The number of ether oxygens (including phenoxy) is 2. The van der Waals surface area contributed by atoms with E-state index in [0.29, 0.717) is 48.6 Å². The Bertz CT molecular complexity index is 1670. The first-order chi connectivity index (χ1) is 20.5. The first-order valence-electron chi connectivity index (χ1n) is 15.0. The maximum Gasteiger partial charge on any atom is 0.319 e. The van der Waals surface area contributed by atoms with E-state index >= 15 is 0 Å². The molecule has 4 fully saturated rings. The summed E-state index contributed by atoms with van der Waals surface area (Å²) in [4.78, 5) is 19.5. The van der Waals surface area contributed by atoms with Gasteiger partial charge in [0, 0.05) is 43.7 Å². The number of rotatable bonds is 6. The van der Waals surface area contributed by atoms with Crippen molar-refractivity contribution < 1.29 is 19.0 Å². The van der Waals surface area contributed by atoms with E-state index in [0.717, 1.165) is 73.0 Å². The van der Waals surface area contributed by atoms with Crippen molar-refractivity contribution in [1.29, 1.82) is 0 Å². The van der Waals surface area contributed by atoms with Crippen molar-refractivity contribution in [3.05, 3.63) is 42.5 Å². The van der Waals surface area contributed by atoms with Crippen LogP contribution in [0, 0.1) is 0 Å². The van der Waals surface area contributed by atoms with Crippen LogP contribution >= 0.6 is 0 Å². The first-order valence-corrected chi connectivity index (χ1v) is 15.0. The predicted molar refractivity (Wildman–Crippen MR) is 159 cm³/mol. The number of fused-ring (bicyclic) bond motifs is 5. The number of hydrogen-bond donors (Lipinski definition) is 2. The number of nitrogens with one attached hydrogen (secondary N) is 1. The Morgan fingerprint density at radius 1 is 1.07 bits per heavy atom. The van der Waals surface area contributed by atoms with Crippen molar-refractivity contribution in [3.8, 4) is 28.8 Å². The van der Waals surface area contributed by atoms with E-state index in [2.05, 4.69) is 15.1 Å². The van der Waals surface area contributed by atoms with Gasteiger partial charge in [0.05, 0.1) is 18.2 Å². The number of alkyl halides is 1. The molecular formula is C32H35FN6O3. The fourth-order valence-corrected chi connectivity index (χ4v) is 7.89. The number of nitrogens with zero attached hydrogens (tertiary/aromatic N) is 5. The van der Waals surface area contributed by atoms with E-state index in [1.807, 2.05) is 30.3 Å². The number of halogens is 1. The fraction of sp³-hybridized carbons (Fsp3) is 0.469. The number of phenolic OH excluding ortho intramolecular Hbond substituents is 1. The van der Waals surface area contributed by atoms with Crippen LogP contribution in [0.15, 0.2) is 42.5 Å². The lowest BCUT2D eigenvalue weighted by atomic mass is 9.95. The summed E-state index contributed by atoms with van der Waals surface area (Å²) in [5.74, 6) is 1.36. The zero-order valence-electron chi connectivity index (χ0n) is 23.7. The Balaban J connectivity index is 1.28. The molecule has 2 aromatic carbocycles. The third-order valence-electron chi connectivity index (χ3n) is 9.78. The number of benzene rings is 2. The van der Waals surface area contributed by atoms with Gasteiger partial charge in [-0.2, -0.15) is 9.97 Å². The van der Waals surface area contributed by atoms with Crippen LogP contribution in [0.3, 0.4) is 0 Å². The zero-order valence-corrected chi connectivity index (χ0v) is 23.7. The maximum atomic E-state index is 14.5. The first kappa shape index (κ1) is 25.9. The lowest BCUT2D eigenvalue weighted by Gasteiger charge is -2.36. The second kappa shape index (κ2) is 9.91. The van der Waals surface area contributed by atoms with Gasteiger partial charge in [-0.15, -0.1) is 0 Å².